The maximum Gasteiger partial charge on any atom is 0.228 e. The molecule has 33 heavy (non-hydrogen) atoms. The van der Waals surface area contributed by atoms with Gasteiger partial charge in [0.25, 0.3) is 0 Å². The molecule has 0 N–H and O–H groups in total. The Hall–Kier alpha value is -5.30. The smallest absolute Gasteiger partial charge is 0.228 e. The molecule has 0 fully saturated rings. The fourth-order valence-electron chi connectivity index (χ4n) is 4.26. The molecule has 1 aliphatic rings. The van der Waals surface area contributed by atoms with Crippen LogP contribution in [0.3, 0.4) is 0 Å². The number of benzene rings is 4. The van der Waals surface area contributed by atoms with Crippen LogP contribution < -0.4 is 9.64 Å². The van der Waals surface area contributed by atoms with E-state index in [0.29, 0.717) is 44.9 Å². The van der Waals surface area contributed by atoms with Crippen LogP contribution in [-0.2, 0) is 0 Å². The van der Waals surface area contributed by atoms with Crippen molar-refractivity contribution in [3.8, 4) is 23.6 Å². The van der Waals surface area contributed by atoms with E-state index in [9.17, 15) is 10.5 Å². The minimum Gasteiger partial charge on any atom is -0.453 e. The molecule has 0 atom stereocenters. The Morgan fingerprint density at radius 2 is 1.48 bits per heavy atom. The van der Waals surface area contributed by atoms with E-state index in [1.54, 1.807) is 19.1 Å². The lowest BCUT2D eigenvalue weighted by atomic mass is 9.93. The predicted molar refractivity (Wildman–Crippen MR) is 125 cm³/mol. The van der Waals surface area contributed by atoms with Gasteiger partial charge in [0.15, 0.2) is 11.5 Å². The van der Waals surface area contributed by atoms with E-state index < -0.39 is 0 Å². The lowest BCUT2D eigenvalue weighted by Gasteiger charge is -2.34. The second-order valence-corrected chi connectivity index (χ2v) is 7.43. The molecule has 4 aromatic rings. The van der Waals surface area contributed by atoms with Gasteiger partial charge in [-0.3, -0.25) is 0 Å². The van der Waals surface area contributed by atoms with Crippen molar-refractivity contribution < 1.29 is 4.74 Å². The molecule has 0 amide bonds. The number of nitriles is 2. The zero-order valence-electron chi connectivity index (χ0n) is 17.4. The van der Waals surface area contributed by atoms with Gasteiger partial charge in [-0.05, 0) is 59.7 Å². The summed E-state index contributed by atoms with van der Waals surface area (Å²) < 4.78 is 6.10. The Balaban J connectivity index is 2.01. The molecule has 0 saturated heterocycles. The van der Waals surface area contributed by atoms with Gasteiger partial charge in [0.2, 0.25) is 11.4 Å². The molecule has 1 aliphatic heterocycles. The number of aryl methyl sites for hydroxylation is 1. The van der Waals surface area contributed by atoms with Gasteiger partial charge in [0.1, 0.15) is 0 Å². The highest BCUT2D eigenvalue weighted by Crippen LogP contribution is 2.55. The van der Waals surface area contributed by atoms with E-state index in [1.807, 2.05) is 53.4 Å². The number of hydrogen-bond donors (Lipinski definition) is 0. The zero-order chi connectivity index (χ0) is 23.1. The van der Waals surface area contributed by atoms with E-state index in [4.69, 9.17) is 17.9 Å². The summed E-state index contributed by atoms with van der Waals surface area (Å²) in [7, 11) is 0. The van der Waals surface area contributed by atoms with E-state index in [2.05, 4.69) is 21.8 Å². The van der Waals surface area contributed by atoms with Crippen LogP contribution in [0.4, 0.5) is 28.4 Å². The number of hydrogen-bond acceptors (Lipinski definition) is 4. The normalized spacial score (nSPS) is 11.2. The van der Waals surface area contributed by atoms with Crippen LogP contribution in [0.25, 0.3) is 20.5 Å². The van der Waals surface area contributed by atoms with E-state index >= 15 is 0 Å². The summed E-state index contributed by atoms with van der Waals surface area (Å²) in [5.74, 6) is 1.22. The molecule has 0 aliphatic carbocycles. The van der Waals surface area contributed by atoms with Gasteiger partial charge in [0, 0.05) is 0 Å². The summed E-state index contributed by atoms with van der Waals surface area (Å²) in [5, 5.41) is 20.8. The minimum absolute atomic E-state index is 0.177. The SMILES string of the molecule is [C-]#[N+]c1cc2c(N3c4ccccc4Oc4ccccc43)c([N+]#[C-])c(C#N)cc2c(C)c1C#N. The molecule has 0 radical (unpaired) electrons. The summed E-state index contributed by atoms with van der Waals surface area (Å²) in [6, 6.07) is 22.5. The fraction of sp³-hybridized carbons (Fsp3) is 0.0370. The molecule has 0 unspecified atom stereocenters. The maximum atomic E-state index is 9.89. The molecule has 0 spiro atoms. The fourth-order valence-corrected chi connectivity index (χ4v) is 4.26. The van der Waals surface area contributed by atoms with E-state index in [1.165, 1.54) is 0 Å². The van der Waals surface area contributed by atoms with E-state index in [-0.39, 0.29) is 22.5 Å². The van der Waals surface area contributed by atoms with Crippen molar-refractivity contribution >= 4 is 39.2 Å². The van der Waals surface area contributed by atoms with Crippen LogP contribution in [0.2, 0.25) is 0 Å². The van der Waals surface area contributed by atoms with Gasteiger partial charge in [-0.25, -0.2) is 9.69 Å². The summed E-state index contributed by atoms with van der Waals surface area (Å²) >= 11 is 0. The third-order valence-electron chi connectivity index (χ3n) is 5.75. The molecule has 152 valence electrons. The first-order valence-electron chi connectivity index (χ1n) is 9.98. The average Bonchev–Trinajstić information content (AvgIpc) is 2.86. The first-order valence-corrected chi connectivity index (χ1v) is 9.98. The Morgan fingerprint density at radius 1 is 0.848 bits per heavy atom. The molecule has 6 nitrogen and oxygen atoms in total. The van der Waals surface area contributed by atoms with Crippen LogP contribution in [0.5, 0.6) is 11.5 Å². The van der Waals surface area contributed by atoms with Crippen LogP contribution >= 0.6 is 0 Å². The van der Waals surface area contributed by atoms with Crippen molar-refractivity contribution in [3.63, 3.8) is 0 Å². The molecule has 0 saturated carbocycles. The first kappa shape index (κ1) is 19.7. The van der Waals surface area contributed by atoms with Gasteiger partial charge in [-0.2, -0.15) is 10.5 Å². The molecule has 0 bridgehead atoms. The zero-order valence-corrected chi connectivity index (χ0v) is 17.4. The van der Waals surface area contributed by atoms with Crippen molar-refractivity contribution in [1.82, 2.24) is 0 Å². The summed E-state index contributed by atoms with van der Waals surface area (Å²) in [5.41, 5.74) is 3.37. The highest BCUT2D eigenvalue weighted by molar-refractivity contribution is 6.11. The quantitative estimate of drug-likeness (QED) is 0.261. The van der Waals surface area contributed by atoms with E-state index in [0.717, 1.165) is 0 Å². The van der Waals surface area contributed by atoms with Crippen LogP contribution in [0.15, 0.2) is 60.7 Å². The van der Waals surface area contributed by atoms with Gasteiger partial charge in [-0.15, -0.1) is 0 Å². The average molecular weight is 423 g/mol. The molecule has 5 rings (SSSR count). The maximum absolute atomic E-state index is 9.89. The molecule has 4 aromatic carbocycles. The van der Waals surface area contributed by atoms with Crippen molar-refractivity contribution in [1.29, 1.82) is 10.5 Å². The van der Waals surface area contributed by atoms with Gasteiger partial charge >= 0.3 is 0 Å². The lowest BCUT2D eigenvalue weighted by molar-refractivity contribution is 0.477. The van der Waals surface area contributed by atoms with Crippen molar-refractivity contribution in [2.75, 3.05) is 4.90 Å². The van der Waals surface area contributed by atoms with Gasteiger partial charge in [0.05, 0.1) is 53.5 Å². The monoisotopic (exact) mass is 423 g/mol. The van der Waals surface area contributed by atoms with Crippen molar-refractivity contribution in [2.45, 2.75) is 6.92 Å². The Bertz CT molecular complexity index is 1610. The van der Waals surface area contributed by atoms with Gasteiger partial charge in [-0.1, -0.05) is 24.3 Å². The second kappa shape index (κ2) is 7.44. The molecule has 6 heteroatoms. The van der Waals surface area contributed by atoms with Crippen LogP contribution in [0.1, 0.15) is 16.7 Å². The summed E-state index contributed by atoms with van der Waals surface area (Å²) in [4.78, 5) is 9.22. The number of fused-ring (bicyclic) bond motifs is 3. The largest absolute Gasteiger partial charge is 0.453 e. The summed E-state index contributed by atoms with van der Waals surface area (Å²) in [6.45, 7) is 17.3. The van der Waals surface area contributed by atoms with Crippen molar-refractivity contribution in [3.05, 3.63) is 100 Å². The standard InChI is InChI=1S/C27H13N5O/c1-16-18-12-17(14-28)26(31-3)27(19(18)13-21(30-2)20(16)15-29)32-22-8-4-6-10-24(22)33-25-11-7-5-9-23(25)32/h4-13H,1H3. The highest BCUT2D eigenvalue weighted by Gasteiger charge is 2.30. The molecule has 0 aromatic heterocycles. The number of nitrogens with zero attached hydrogens (tertiary/aromatic N) is 5. The Morgan fingerprint density at radius 3 is 2.03 bits per heavy atom. The molecular formula is C27H13N5O. The van der Waals surface area contributed by atoms with Crippen LogP contribution in [-0.4, -0.2) is 0 Å². The number of ether oxygens (including phenoxy) is 1. The first-order chi connectivity index (χ1) is 16.1. The molecule has 1 heterocycles. The Kier molecular flexibility index (Phi) is 4.43. The molecular weight excluding hydrogens is 410 g/mol. The van der Waals surface area contributed by atoms with Crippen LogP contribution in [0, 0.1) is 42.7 Å². The number of rotatable bonds is 1. The predicted octanol–water partition coefficient (Wildman–Crippen LogP) is 7.57. The summed E-state index contributed by atoms with van der Waals surface area (Å²) in [6.07, 6.45) is 0. The minimum atomic E-state index is 0.177. The number of anilines is 3. The van der Waals surface area contributed by atoms with Crippen molar-refractivity contribution in [2.24, 2.45) is 0 Å². The highest BCUT2D eigenvalue weighted by atomic mass is 16.5. The third kappa shape index (κ3) is 2.77. The van der Waals surface area contributed by atoms with Gasteiger partial charge < -0.3 is 9.64 Å². The Labute approximate surface area is 190 Å². The lowest BCUT2D eigenvalue weighted by Crippen LogP contribution is -2.16. The third-order valence-corrected chi connectivity index (χ3v) is 5.75. The topological polar surface area (TPSA) is 68.8 Å². The second-order valence-electron chi connectivity index (χ2n) is 7.43. The number of para-hydroxylation sites is 4.